The van der Waals surface area contributed by atoms with Gasteiger partial charge in [0.05, 0.1) is 11.9 Å². The van der Waals surface area contributed by atoms with Crippen LogP contribution in [0.4, 0.5) is 17.2 Å². The quantitative estimate of drug-likeness (QED) is 0.870. The van der Waals surface area contributed by atoms with Gasteiger partial charge in [-0.25, -0.2) is 4.98 Å². The number of anilines is 3. The van der Waals surface area contributed by atoms with E-state index in [1.807, 2.05) is 19.1 Å². The van der Waals surface area contributed by atoms with Crippen molar-refractivity contribution in [3.63, 3.8) is 0 Å². The van der Waals surface area contributed by atoms with Crippen molar-refractivity contribution in [2.24, 2.45) is 0 Å². The van der Waals surface area contributed by atoms with Crippen molar-refractivity contribution < 1.29 is 4.79 Å². The lowest BCUT2D eigenvalue weighted by Crippen LogP contribution is -2.09. The summed E-state index contributed by atoms with van der Waals surface area (Å²) >= 11 is 0. The molecular weight excluding hydrogens is 262 g/mol. The second-order valence-electron chi connectivity index (χ2n) is 4.92. The van der Waals surface area contributed by atoms with Crippen LogP contribution in [-0.2, 0) is 11.2 Å². The lowest BCUT2D eigenvalue weighted by Gasteiger charge is -2.13. The van der Waals surface area contributed by atoms with Crippen LogP contribution < -0.4 is 10.6 Å². The van der Waals surface area contributed by atoms with Gasteiger partial charge < -0.3 is 10.6 Å². The zero-order chi connectivity index (χ0) is 15.2. The Morgan fingerprint density at radius 2 is 2.00 bits per heavy atom. The van der Waals surface area contributed by atoms with Gasteiger partial charge >= 0.3 is 0 Å². The van der Waals surface area contributed by atoms with Crippen molar-refractivity contribution in [2.45, 2.75) is 33.6 Å². The summed E-state index contributed by atoms with van der Waals surface area (Å²) in [5, 5.41) is 6.15. The number of carbonyl (C=O) groups is 1. The molecule has 110 valence electrons. The number of aryl methyl sites for hydroxylation is 2. The highest BCUT2D eigenvalue weighted by molar-refractivity contribution is 5.90. The minimum atomic E-state index is -0.00955. The Morgan fingerprint density at radius 3 is 2.62 bits per heavy atom. The van der Waals surface area contributed by atoms with E-state index in [-0.39, 0.29) is 5.91 Å². The van der Waals surface area contributed by atoms with Gasteiger partial charge in [-0.3, -0.25) is 4.79 Å². The molecule has 0 unspecified atom stereocenters. The van der Waals surface area contributed by atoms with Crippen molar-refractivity contribution >= 4 is 23.1 Å². The van der Waals surface area contributed by atoms with E-state index >= 15 is 0 Å². The molecule has 1 aromatic heterocycles. The predicted molar refractivity (Wildman–Crippen MR) is 87.0 cm³/mol. The van der Waals surface area contributed by atoms with Crippen LogP contribution in [0.25, 0.3) is 0 Å². The highest BCUT2D eigenvalue weighted by atomic mass is 16.1. The zero-order valence-corrected chi connectivity index (χ0v) is 12.7. The van der Waals surface area contributed by atoms with Gasteiger partial charge in [0.2, 0.25) is 5.91 Å². The van der Waals surface area contributed by atoms with Crippen LogP contribution in [0.15, 0.2) is 36.5 Å². The van der Waals surface area contributed by atoms with Gasteiger partial charge in [0, 0.05) is 12.1 Å². The summed E-state index contributed by atoms with van der Waals surface area (Å²) in [6, 6.07) is 9.99. The van der Waals surface area contributed by atoms with E-state index in [2.05, 4.69) is 47.7 Å². The molecule has 1 heterocycles. The number of aromatic nitrogens is 1. The summed E-state index contributed by atoms with van der Waals surface area (Å²) in [5.41, 5.74) is 4.28. The summed E-state index contributed by atoms with van der Waals surface area (Å²) < 4.78 is 0. The molecule has 1 aromatic carbocycles. The Morgan fingerprint density at radius 1 is 1.19 bits per heavy atom. The van der Waals surface area contributed by atoms with E-state index < -0.39 is 0 Å². The molecule has 1 amide bonds. The first-order valence-electron chi connectivity index (χ1n) is 7.25. The second kappa shape index (κ2) is 6.88. The predicted octanol–water partition coefficient (Wildman–Crippen LogP) is 4.04. The fourth-order valence-electron chi connectivity index (χ4n) is 2.12. The molecule has 0 saturated heterocycles. The molecule has 0 fully saturated rings. The van der Waals surface area contributed by atoms with Gasteiger partial charge in [0.25, 0.3) is 0 Å². The van der Waals surface area contributed by atoms with Crippen LogP contribution in [0.3, 0.4) is 0 Å². The van der Waals surface area contributed by atoms with Gasteiger partial charge in [0.1, 0.15) is 5.82 Å². The smallest absolute Gasteiger partial charge is 0.224 e. The Kier molecular flexibility index (Phi) is 4.93. The molecule has 0 radical (unpaired) electrons. The van der Waals surface area contributed by atoms with Crippen LogP contribution in [0.2, 0.25) is 0 Å². The summed E-state index contributed by atoms with van der Waals surface area (Å²) in [7, 11) is 0. The minimum Gasteiger partial charge on any atom is -0.340 e. The molecule has 2 N–H and O–H groups in total. The zero-order valence-electron chi connectivity index (χ0n) is 12.7. The van der Waals surface area contributed by atoms with Crippen molar-refractivity contribution in [3.8, 4) is 0 Å². The number of pyridine rings is 1. The standard InChI is InChI=1S/C17H21N3O/c1-4-13-8-6-7-12(3)17(13)20-15-10-9-14(11-18-15)19-16(21)5-2/h6-11H,4-5H2,1-3H3,(H,18,20)(H,19,21). The Labute approximate surface area is 125 Å². The highest BCUT2D eigenvalue weighted by Crippen LogP contribution is 2.24. The van der Waals surface area contributed by atoms with Crippen LogP contribution in [0, 0.1) is 6.92 Å². The fraction of sp³-hybridized carbons (Fsp3) is 0.294. The second-order valence-corrected chi connectivity index (χ2v) is 4.92. The number of benzene rings is 1. The molecule has 0 aliphatic heterocycles. The minimum absolute atomic E-state index is 0.00955. The first kappa shape index (κ1) is 15.0. The molecule has 0 spiro atoms. The highest BCUT2D eigenvalue weighted by Gasteiger charge is 2.05. The molecule has 0 bridgehead atoms. The summed E-state index contributed by atoms with van der Waals surface area (Å²) in [5.74, 6) is 0.762. The summed E-state index contributed by atoms with van der Waals surface area (Å²) in [4.78, 5) is 15.7. The lowest BCUT2D eigenvalue weighted by atomic mass is 10.1. The number of amides is 1. The molecule has 0 aliphatic carbocycles. The van der Waals surface area contributed by atoms with E-state index in [0.717, 1.165) is 17.9 Å². The molecule has 4 heteroatoms. The molecule has 2 rings (SSSR count). The summed E-state index contributed by atoms with van der Waals surface area (Å²) in [6.45, 7) is 6.04. The number of carbonyl (C=O) groups excluding carboxylic acids is 1. The van der Waals surface area contributed by atoms with Crippen molar-refractivity contribution in [1.29, 1.82) is 0 Å². The van der Waals surface area contributed by atoms with Crippen LogP contribution in [0.5, 0.6) is 0 Å². The number of rotatable bonds is 5. The number of nitrogens with one attached hydrogen (secondary N) is 2. The van der Waals surface area contributed by atoms with Crippen LogP contribution in [0.1, 0.15) is 31.4 Å². The molecule has 0 aliphatic rings. The average molecular weight is 283 g/mol. The van der Waals surface area contributed by atoms with Crippen molar-refractivity contribution in [3.05, 3.63) is 47.7 Å². The molecule has 0 saturated carbocycles. The monoisotopic (exact) mass is 283 g/mol. The third-order valence-electron chi connectivity index (χ3n) is 3.36. The van der Waals surface area contributed by atoms with E-state index in [4.69, 9.17) is 0 Å². The first-order chi connectivity index (χ1) is 10.1. The summed E-state index contributed by atoms with van der Waals surface area (Å²) in [6.07, 6.45) is 3.09. The Balaban J connectivity index is 2.16. The SMILES string of the molecule is CCC(=O)Nc1ccc(Nc2c(C)cccc2CC)nc1. The maximum absolute atomic E-state index is 11.3. The Bertz CT molecular complexity index is 620. The molecule has 0 atom stereocenters. The van der Waals surface area contributed by atoms with E-state index in [1.54, 1.807) is 6.20 Å². The maximum Gasteiger partial charge on any atom is 0.224 e. The first-order valence-corrected chi connectivity index (χ1v) is 7.25. The number of nitrogens with zero attached hydrogens (tertiary/aromatic N) is 1. The van der Waals surface area contributed by atoms with E-state index in [1.165, 1.54) is 11.1 Å². The molecule has 4 nitrogen and oxygen atoms in total. The van der Waals surface area contributed by atoms with Crippen LogP contribution >= 0.6 is 0 Å². The van der Waals surface area contributed by atoms with E-state index in [9.17, 15) is 4.79 Å². The third-order valence-corrected chi connectivity index (χ3v) is 3.36. The lowest BCUT2D eigenvalue weighted by molar-refractivity contribution is -0.115. The number of para-hydroxylation sites is 1. The Hall–Kier alpha value is -2.36. The average Bonchev–Trinajstić information content (AvgIpc) is 2.51. The normalized spacial score (nSPS) is 10.2. The fourth-order valence-corrected chi connectivity index (χ4v) is 2.12. The van der Waals surface area contributed by atoms with Gasteiger partial charge in [-0.2, -0.15) is 0 Å². The van der Waals surface area contributed by atoms with Crippen LogP contribution in [-0.4, -0.2) is 10.9 Å². The molecule has 21 heavy (non-hydrogen) atoms. The van der Waals surface area contributed by atoms with Gasteiger partial charge in [-0.05, 0) is 36.6 Å². The van der Waals surface area contributed by atoms with Gasteiger partial charge in [0.15, 0.2) is 0 Å². The van der Waals surface area contributed by atoms with Crippen molar-refractivity contribution in [2.75, 3.05) is 10.6 Å². The molecule has 2 aromatic rings. The number of hydrogen-bond acceptors (Lipinski definition) is 3. The maximum atomic E-state index is 11.3. The largest absolute Gasteiger partial charge is 0.340 e. The van der Waals surface area contributed by atoms with E-state index in [0.29, 0.717) is 12.1 Å². The van der Waals surface area contributed by atoms with Crippen molar-refractivity contribution in [1.82, 2.24) is 4.98 Å². The topological polar surface area (TPSA) is 54.0 Å². The molecular formula is C17H21N3O. The van der Waals surface area contributed by atoms with Gasteiger partial charge in [-0.15, -0.1) is 0 Å². The third kappa shape index (κ3) is 3.81. The number of hydrogen-bond donors (Lipinski definition) is 2. The van der Waals surface area contributed by atoms with Gasteiger partial charge in [-0.1, -0.05) is 32.0 Å².